The molecule has 98 valence electrons. The van der Waals surface area contributed by atoms with Gasteiger partial charge in [-0.3, -0.25) is 4.79 Å². The zero-order valence-corrected chi connectivity index (χ0v) is 11.6. The minimum atomic E-state index is -0.368. The zero-order valence-electron chi connectivity index (χ0n) is 10.1. The van der Waals surface area contributed by atoms with Crippen LogP contribution in [0.2, 0.25) is 0 Å². The van der Waals surface area contributed by atoms with Gasteiger partial charge in [0, 0.05) is 0 Å². The highest BCUT2D eigenvalue weighted by Gasteiger charge is 2.13. The van der Waals surface area contributed by atoms with Crippen LogP contribution in [0.3, 0.4) is 0 Å². The second kappa shape index (κ2) is 5.66. The number of nitrogens with zero attached hydrogens (tertiary/aromatic N) is 2. The second-order valence-electron chi connectivity index (χ2n) is 3.60. The average Bonchev–Trinajstić information content (AvgIpc) is 2.41. The Labute approximate surface area is 118 Å². The van der Waals surface area contributed by atoms with E-state index in [9.17, 15) is 4.79 Å². The molecule has 2 aromatic rings. The number of halogens is 1. The number of hydrogen-bond donors (Lipinski definition) is 2. The van der Waals surface area contributed by atoms with Crippen LogP contribution in [0.15, 0.2) is 35.2 Å². The minimum absolute atomic E-state index is 0.285. The number of nitrogens with one attached hydrogen (secondary N) is 1. The summed E-state index contributed by atoms with van der Waals surface area (Å²) in [5.74, 6) is 0.429. The molecule has 0 aliphatic rings. The summed E-state index contributed by atoms with van der Waals surface area (Å²) in [6, 6.07) is 4.99. The van der Waals surface area contributed by atoms with E-state index < -0.39 is 0 Å². The number of methoxy groups -OCH3 is 1. The number of aromatic nitrogens is 2. The van der Waals surface area contributed by atoms with Gasteiger partial charge in [-0.25, -0.2) is 9.97 Å². The van der Waals surface area contributed by atoms with Gasteiger partial charge in [-0.15, -0.1) is 0 Å². The molecule has 7 heteroatoms. The molecule has 6 nitrogen and oxygen atoms in total. The van der Waals surface area contributed by atoms with Gasteiger partial charge in [-0.05, 0) is 28.1 Å². The van der Waals surface area contributed by atoms with E-state index in [4.69, 9.17) is 10.5 Å². The SMILES string of the molecule is COc1cccc(C(=O)Nc2cnc(Br)cn2)c1N. The van der Waals surface area contributed by atoms with Gasteiger partial charge in [0.25, 0.3) is 5.91 Å². The lowest BCUT2D eigenvalue weighted by molar-refractivity contribution is 0.102. The monoisotopic (exact) mass is 322 g/mol. The van der Waals surface area contributed by atoms with Crippen molar-refractivity contribution in [3.63, 3.8) is 0 Å². The lowest BCUT2D eigenvalue weighted by Gasteiger charge is -2.09. The first-order valence-corrected chi connectivity index (χ1v) is 6.12. The predicted molar refractivity (Wildman–Crippen MR) is 75.1 cm³/mol. The van der Waals surface area contributed by atoms with Crippen LogP contribution >= 0.6 is 15.9 Å². The third-order valence-corrected chi connectivity index (χ3v) is 2.80. The van der Waals surface area contributed by atoms with Crippen molar-refractivity contribution < 1.29 is 9.53 Å². The van der Waals surface area contributed by atoms with E-state index in [-0.39, 0.29) is 11.6 Å². The molecule has 0 spiro atoms. The Morgan fingerprint density at radius 3 is 2.79 bits per heavy atom. The number of carbonyl (C=O) groups is 1. The van der Waals surface area contributed by atoms with Gasteiger partial charge in [0.15, 0.2) is 5.82 Å². The summed E-state index contributed by atoms with van der Waals surface area (Å²) in [5, 5.41) is 2.61. The maximum Gasteiger partial charge on any atom is 0.259 e. The molecule has 0 unspecified atom stereocenters. The van der Waals surface area contributed by atoms with Gasteiger partial charge in [0.2, 0.25) is 0 Å². The summed E-state index contributed by atoms with van der Waals surface area (Å²) in [5.41, 5.74) is 6.45. The molecule has 0 aliphatic heterocycles. The number of carbonyl (C=O) groups excluding carboxylic acids is 1. The van der Waals surface area contributed by atoms with Crippen LogP contribution in [0.4, 0.5) is 11.5 Å². The highest BCUT2D eigenvalue weighted by molar-refractivity contribution is 9.10. The molecule has 0 radical (unpaired) electrons. The molecule has 0 aliphatic carbocycles. The van der Waals surface area contributed by atoms with Crippen molar-refractivity contribution >= 4 is 33.3 Å². The molecule has 1 heterocycles. The largest absolute Gasteiger partial charge is 0.495 e. The first kappa shape index (κ1) is 13.3. The van der Waals surface area contributed by atoms with Crippen molar-refractivity contribution in [2.75, 3.05) is 18.2 Å². The lowest BCUT2D eigenvalue weighted by atomic mass is 10.1. The van der Waals surface area contributed by atoms with E-state index in [0.29, 0.717) is 21.7 Å². The van der Waals surface area contributed by atoms with E-state index >= 15 is 0 Å². The molecule has 2 rings (SSSR count). The molecule has 1 amide bonds. The van der Waals surface area contributed by atoms with Gasteiger partial charge in [0.1, 0.15) is 10.4 Å². The van der Waals surface area contributed by atoms with E-state index in [2.05, 4.69) is 31.2 Å². The number of benzene rings is 1. The normalized spacial score (nSPS) is 10.0. The quantitative estimate of drug-likeness (QED) is 0.844. The molecule has 0 saturated carbocycles. The van der Waals surface area contributed by atoms with Crippen LogP contribution in [0.25, 0.3) is 0 Å². The maximum absolute atomic E-state index is 12.1. The van der Waals surface area contributed by atoms with Crippen LogP contribution in [0.5, 0.6) is 5.75 Å². The Bertz CT molecular complexity index is 601. The maximum atomic E-state index is 12.1. The van der Waals surface area contributed by atoms with E-state index in [1.165, 1.54) is 19.5 Å². The number of para-hydroxylation sites is 1. The minimum Gasteiger partial charge on any atom is -0.495 e. The van der Waals surface area contributed by atoms with Crippen molar-refractivity contribution in [2.45, 2.75) is 0 Å². The molecule has 0 bridgehead atoms. The number of anilines is 2. The standard InChI is InChI=1S/C12H11BrN4O2/c1-19-8-4-2-3-7(11(8)14)12(18)17-10-6-15-9(13)5-16-10/h2-6H,14H2,1H3,(H,16,17,18). The first-order valence-electron chi connectivity index (χ1n) is 5.33. The van der Waals surface area contributed by atoms with Gasteiger partial charge >= 0.3 is 0 Å². The number of rotatable bonds is 3. The number of nitrogens with two attached hydrogens (primary N) is 1. The smallest absolute Gasteiger partial charge is 0.259 e. The fraction of sp³-hybridized carbons (Fsp3) is 0.0833. The van der Waals surface area contributed by atoms with E-state index in [1.54, 1.807) is 18.2 Å². The summed E-state index contributed by atoms with van der Waals surface area (Å²) < 4.78 is 5.65. The molecular formula is C12H11BrN4O2. The van der Waals surface area contributed by atoms with Crippen molar-refractivity contribution in [1.29, 1.82) is 0 Å². The molecule has 1 aromatic heterocycles. The molecule has 0 atom stereocenters. The number of nitrogen functional groups attached to an aromatic ring is 1. The third kappa shape index (κ3) is 3.00. The lowest BCUT2D eigenvalue weighted by Crippen LogP contribution is -2.15. The van der Waals surface area contributed by atoms with Crippen LogP contribution in [-0.2, 0) is 0 Å². The number of hydrogen-bond acceptors (Lipinski definition) is 5. The van der Waals surface area contributed by atoms with Crippen LogP contribution in [-0.4, -0.2) is 23.0 Å². The van der Waals surface area contributed by atoms with Gasteiger partial charge in [-0.2, -0.15) is 0 Å². The molecular weight excluding hydrogens is 312 g/mol. The fourth-order valence-corrected chi connectivity index (χ4v) is 1.69. The van der Waals surface area contributed by atoms with Crippen LogP contribution in [0.1, 0.15) is 10.4 Å². The van der Waals surface area contributed by atoms with Crippen molar-refractivity contribution in [1.82, 2.24) is 9.97 Å². The Morgan fingerprint density at radius 1 is 1.37 bits per heavy atom. The molecule has 0 fully saturated rings. The highest BCUT2D eigenvalue weighted by atomic mass is 79.9. The zero-order chi connectivity index (χ0) is 13.8. The predicted octanol–water partition coefficient (Wildman–Crippen LogP) is 2.08. The molecule has 19 heavy (non-hydrogen) atoms. The Kier molecular flexibility index (Phi) is 3.96. The van der Waals surface area contributed by atoms with Crippen molar-refractivity contribution in [2.24, 2.45) is 0 Å². The van der Waals surface area contributed by atoms with Crippen molar-refractivity contribution in [3.05, 3.63) is 40.8 Å². The van der Waals surface area contributed by atoms with Gasteiger partial charge in [0.05, 0.1) is 30.8 Å². The Balaban J connectivity index is 2.23. The topological polar surface area (TPSA) is 90.1 Å². The Hall–Kier alpha value is -2.15. The molecule has 1 aromatic carbocycles. The number of ether oxygens (including phenoxy) is 1. The molecule has 0 saturated heterocycles. The van der Waals surface area contributed by atoms with E-state index in [0.717, 1.165) is 0 Å². The fourth-order valence-electron chi connectivity index (χ4n) is 1.48. The van der Waals surface area contributed by atoms with E-state index in [1.807, 2.05) is 0 Å². The average molecular weight is 323 g/mol. The van der Waals surface area contributed by atoms with Crippen LogP contribution in [0, 0.1) is 0 Å². The van der Waals surface area contributed by atoms with Crippen LogP contribution < -0.4 is 15.8 Å². The summed E-state index contributed by atoms with van der Waals surface area (Å²) in [4.78, 5) is 20.0. The highest BCUT2D eigenvalue weighted by Crippen LogP contribution is 2.25. The second-order valence-corrected chi connectivity index (χ2v) is 4.41. The summed E-state index contributed by atoms with van der Waals surface area (Å²) in [6.45, 7) is 0. The molecule has 3 N–H and O–H groups in total. The first-order chi connectivity index (χ1) is 9.11. The number of amides is 1. The summed E-state index contributed by atoms with van der Waals surface area (Å²) in [7, 11) is 1.49. The summed E-state index contributed by atoms with van der Waals surface area (Å²) in [6.07, 6.45) is 2.93. The Morgan fingerprint density at radius 2 is 2.16 bits per heavy atom. The third-order valence-electron chi connectivity index (χ3n) is 2.39. The summed E-state index contributed by atoms with van der Waals surface area (Å²) >= 11 is 3.16. The van der Waals surface area contributed by atoms with Gasteiger partial charge in [-0.1, -0.05) is 6.07 Å². The van der Waals surface area contributed by atoms with Gasteiger partial charge < -0.3 is 15.8 Å². The van der Waals surface area contributed by atoms with Crippen molar-refractivity contribution in [3.8, 4) is 5.75 Å².